The molecule has 0 bridgehead atoms. The van der Waals surface area contributed by atoms with Gasteiger partial charge in [0.1, 0.15) is 5.75 Å². The highest BCUT2D eigenvalue weighted by Gasteiger charge is 2.57. The topological polar surface area (TPSA) is 59.6 Å². The summed E-state index contributed by atoms with van der Waals surface area (Å²) in [6.45, 7) is 7.01. The van der Waals surface area contributed by atoms with Crippen LogP contribution in [0.15, 0.2) is 18.2 Å². The highest BCUT2D eigenvalue weighted by Crippen LogP contribution is 2.58. The zero-order valence-electron chi connectivity index (χ0n) is 16.1. The molecule has 4 rings (SSSR count). The van der Waals surface area contributed by atoms with E-state index in [-0.39, 0.29) is 29.6 Å². The number of rotatable bonds is 6. The minimum absolute atomic E-state index is 0. The average Bonchev–Trinajstić information content (AvgIpc) is 3.09. The Kier molecular flexibility index (Phi) is 6.66. The highest BCUT2D eigenvalue weighted by molar-refractivity contribution is 5.85. The highest BCUT2D eigenvalue weighted by atomic mass is 35.5. The minimum Gasteiger partial charge on any atom is -0.493 e. The Bertz CT molecular complexity index is 655. The van der Waals surface area contributed by atoms with E-state index in [2.05, 4.69) is 35.8 Å². The molecule has 1 amide bonds. The smallest absolute Gasteiger partial charge is 0.223 e. The lowest BCUT2D eigenvalue weighted by Crippen LogP contribution is -2.33. The van der Waals surface area contributed by atoms with Crippen molar-refractivity contribution in [2.75, 3.05) is 32.9 Å². The van der Waals surface area contributed by atoms with E-state index in [0.717, 1.165) is 63.3 Å². The third-order valence-electron chi connectivity index (χ3n) is 6.28. The van der Waals surface area contributed by atoms with E-state index in [0.29, 0.717) is 19.1 Å². The Balaban J connectivity index is 0.00000210. The van der Waals surface area contributed by atoms with E-state index >= 15 is 0 Å². The van der Waals surface area contributed by atoms with Crippen LogP contribution in [0.5, 0.6) is 5.75 Å². The molecule has 5 nitrogen and oxygen atoms in total. The fourth-order valence-corrected chi connectivity index (χ4v) is 4.37. The van der Waals surface area contributed by atoms with E-state index in [4.69, 9.17) is 9.47 Å². The van der Waals surface area contributed by atoms with Gasteiger partial charge in [-0.2, -0.15) is 0 Å². The van der Waals surface area contributed by atoms with E-state index in [1.807, 2.05) is 0 Å². The van der Waals surface area contributed by atoms with Gasteiger partial charge in [0.15, 0.2) is 0 Å². The van der Waals surface area contributed by atoms with Gasteiger partial charge >= 0.3 is 0 Å². The van der Waals surface area contributed by atoms with Crippen molar-refractivity contribution in [1.29, 1.82) is 0 Å². The van der Waals surface area contributed by atoms with Gasteiger partial charge in [0, 0.05) is 30.6 Å². The number of halogens is 1. The van der Waals surface area contributed by atoms with Gasteiger partial charge in [-0.15, -0.1) is 12.4 Å². The van der Waals surface area contributed by atoms with Gasteiger partial charge in [-0.25, -0.2) is 0 Å². The molecule has 2 saturated heterocycles. The van der Waals surface area contributed by atoms with Crippen LogP contribution in [-0.4, -0.2) is 38.8 Å². The summed E-state index contributed by atoms with van der Waals surface area (Å²) in [5.41, 5.74) is 2.52. The summed E-state index contributed by atoms with van der Waals surface area (Å²) in [6.07, 6.45) is 4.39. The van der Waals surface area contributed by atoms with Crippen molar-refractivity contribution in [2.24, 2.45) is 17.3 Å². The lowest BCUT2D eigenvalue weighted by Gasteiger charge is -2.23. The van der Waals surface area contributed by atoms with Crippen LogP contribution in [0.25, 0.3) is 0 Å². The molecule has 1 spiro atoms. The predicted octanol–water partition coefficient (Wildman–Crippen LogP) is 2.84. The number of carbonyl (C=O) groups excluding carboxylic acids is 1. The van der Waals surface area contributed by atoms with Crippen LogP contribution in [0.3, 0.4) is 0 Å². The first-order chi connectivity index (χ1) is 12.7. The lowest BCUT2D eigenvalue weighted by molar-refractivity contribution is -0.123. The molecule has 1 aromatic carbocycles. The SMILES string of the molecule is Cc1ccc(CNC(=O)C2CC23CCNCC3)c(OCC2CCOC2)c1.Cl. The van der Waals surface area contributed by atoms with Crippen molar-refractivity contribution in [3.63, 3.8) is 0 Å². The summed E-state index contributed by atoms with van der Waals surface area (Å²) in [6, 6.07) is 6.23. The molecule has 0 aromatic heterocycles. The van der Waals surface area contributed by atoms with Gasteiger partial charge in [-0.05, 0) is 62.7 Å². The van der Waals surface area contributed by atoms with Crippen LogP contribution in [0.4, 0.5) is 0 Å². The predicted molar refractivity (Wildman–Crippen MR) is 107 cm³/mol. The summed E-state index contributed by atoms with van der Waals surface area (Å²) in [5, 5.41) is 6.55. The first-order valence-electron chi connectivity index (χ1n) is 9.95. The third kappa shape index (κ3) is 4.76. The normalized spacial score (nSPS) is 25.7. The van der Waals surface area contributed by atoms with Gasteiger partial charge in [-0.3, -0.25) is 4.79 Å². The van der Waals surface area contributed by atoms with Crippen LogP contribution in [0.1, 0.15) is 36.8 Å². The first-order valence-corrected chi connectivity index (χ1v) is 9.95. The van der Waals surface area contributed by atoms with Gasteiger partial charge in [0.25, 0.3) is 0 Å². The molecule has 2 aliphatic heterocycles. The number of carbonyl (C=O) groups is 1. The molecule has 2 atom stereocenters. The number of piperidine rings is 1. The maximum Gasteiger partial charge on any atom is 0.223 e. The third-order valence-corrected chi connectivity index (χ3v) is 6.28. The van der Waals surface area contributed by atoms with Crippen LogP contribution in [-0.2, 0) is 16.1 Å². The largest absolute Gasteiger partial charge is 0.493 e. The summed E-state index contributed by atoms with van der Waals surface area (Å²) in [4.78, 5) is 12.6. The zero-order chi connectivity index (χ0) is 18.0. The second-order valence-corrected chi connectivity index (χ2v) is 8.24. The molecule has 2 N–H and O–H groups in total. The summed E-state index contributed by atoms with van der Waals surface area (Å²) in [5.74, 6) is 1.78. The number of benzene rings is 1. The van der Waals surface area contributed by atoms with Crippen molar-refractivity contribution < 1.29 is 14.3 Å². The second-order valence-electron chi connectivity index (χ2n) is 8.24. The minimum atomic E-state index is 0. The number of aryl methyl sites for hydroxylation is 1. The van der Waals surface area contributed by atoms with E-state index in [1.165, 1.54) is 5.56 Å². The maximum absolute atomic E-state index is 12.6. The molecule has 1 aromatic rings. The van der Waals surface area contributed by atoms with Gasteiger partial charge in [0.05, 0.1) is 13.2 Å². The maximum atomic E-state index is 12.6. The molecular formula is C21H31ClN2O3. The number of amides is 1. The van der Waals surface area contributed by atoms with Gasteiger partial charge < -0.3 is 20.1 Å². The quantitative estimate of drug-likeness (QED) is 0.778. The molecule has 2 heterocycles. The molecule has 6 heteroatoms. The Morgan fingerprint density at radius 1 is 1.37 bits per heavy atom. The van der Waals surface area contributed by atoms with Crippen molar-refractivity contribution in [3.05, 3.63) is 29.3 Å². The van der Waals surface area contributed by atoms with Crippen LogP contribution in [0.2, 0.25) is 0 Å². The summed E-state index contributed by atoms with van der Waals surface area (Å²) < 4.78 is 11.5. The number of hydrogen-bond acceptors (Lipinski definition) is 4. The lowest BCUT2D eigenvalue weighted by atomic mass is 9.92. The van der Waals surface area contributed by atoms with E-state index in [1.54, 1.807) is 0 Å². The van der Waals surface area contributed by atoms with Crippen molar-refractivity contribution >= 4 is 18.3 Å². The fraction of sp³-hybridized carbons (Fsp3) is 0.667. The number of ether oxygens (including phenoxy) is 2. The molecule has 3 fully saturated rings. The molecule has 1 aliphatic carbocycles. The second kappa shape index (κ2) is 8.80. The van der Waals surface area contributed by atoms with E-state index in [9.17, 15) is 4.79 Å². The zero-order valence-corrected chi connectivity index (χ0v) is 16.9. The Labute approximate surface area is 168 Å². The molecule has 3 aliphatic rings. The van der Waals surface area contributed by atoms with Crippen molar-refractivity contribution in [3.8, 4) is 5.75 Å². The average molecular weight is 395 g/mol. The van der Waals surface area contributed by atoms with E-state index < -0.39 is 0 Å². The first kappa shape index (κ1) is 20.4. The Morgan fingerprint density at radius 3 is 2.93 bits per heavy atom. The molecule has 0 radical (unpaired) electrons. The summed E-state index contributed by atoms with van der Waals surface area (Å²) >= 11 is 0. The fourth-order valence-electron chi connectivity index (χ4n) is 4.37. The van der Waals surface area contributed by atoms with Crippen LogP contribution in [0, 0.1) is 24.2 Å². The molecular weight excluding hydrogens is 364 g/mol. The number of nitrogens with one attached hydrogen (secondary N) is 2. The molecule has 27 heavy (non-hydrogen) atoms. The van der Waals surface area contributed by atoms with Crippen molar-refractivity contribution in [1.82, 2.24) is 10.6 Å². The Morgan fingerprint density at radius 2 is 2.19 bits per heavy atom. The molecule has 2 unspecified atom stereocenters. The molecule has 150 valence electrons. The van der Waals surface area contributed by atoms with Gasteiger partial charge in [-0.1, -0.05) is 12.1 Å². The van der Waals surface area contributed by atoms with Crippen LogP contribution >= 0.6 is 12.4 Å². The monoisotopic (exact) mass is 394 g/mol. The number of hydrogen-bond donors (Lipinski definition) is 2. The molecule has 1 saturated carbocycles. The standard InChI is InChI=1S/C21H30N2O3.ClH/c1-15-2-3-17(19(10-15)26-14-16-4-9-25-13-16)12-23-20(24)18-11-21(18)5-7-22-8-6-21;/h2-3,10,16,18,22H,4-9,11-14H2,1H3,(H,23,24);1H. The van der Waals surface area contributed by atoms with Crippen LogP contribution < -0.4 is 15.4 Å². The summed E-state index contributed by atoms with van der Waals surface area (Å²) in [7, 11) is 0. The van der Waals surface area contributed by atoms with Crippen molar-refractivity contribution in [2.45, 2.75) is 39.2 Å². The Hall–Kier alpha value is -1.30. The van der Waals surface area contributed by atoms with Gasteiger partial charge in [0.2, 0.25) is 5.91 Å².